The summed E-state index contributed by atoms with van der Waals surface area (Å²) in [6.07, 6.45) is 2.87. The molecule has 0 saturated heterocycles. The molecule has 1 saturated carbocycles. The summed E-state index contributed by atoms with van der Waals surface area (Å²) in [6.45, 7) is 1.91. The van der Waals surface area contributed by atoms with E-state index >= 15 is 0 Å². The van der Waals surface area contributed by atoms with E-state index in [-0.39, 0.29) is 11.9 Å². The molecule has 0 amide bonds. The summed E-state index contributed by atoms with van der Waals surface area (Å²) in [4.78, 5) is 0.959. The van der Waals surface area contributed by atoms with Crippen LogP contribution in [0.3, 0.4) is 0 Å². The number of aromatic nitrogens is 4. The molecule has 0 spiro atoms. The number of benzene rings is 1. The Balaban J connectivity index is 1.87. The van der Waals surface area contributed by atoms with Crippen molar-refractivity contribution in [2.45, 2.75) is 48.3 Å². The Bertz CT molecular complexity index is 609. The smallest absolute Gasteiger partial charge is 0.214 e. The standard InChI is InChI=1S/C13H16FN5S/c1-8(15)6-9-7-10(14)2-5-12(9)20-13-16-17-18-19(13)11-3-4-11/h2,5,7-8,11H,3-4,6,15H2,1H3. The fourth-order valence-corrected chi connectivity index (χ4v) is 3.02. The van der Waals surface area contributed by atoms with E-state index in [1.165, 1.54) is 23.9 Å². The summed E-state index contributed by atoms with van der Waals surface area (Å²) in [6, 6.07) is 5.17. The van der Waals surface area contributed by atoms with E-state index in [2.05, 4.69) is 15.5 Å². The second kappa shape index (κ2) is 5.49. The molecule has 1 atom stereocenters. The second-order valence-corrected chi connectivity index (χ2v) is 6.18. The van der Waals surface area contributed by atoms with E-state index in [1.807, 2.05) is 11.6 Å². The number of nitrogens with two attached hydrogens (primary N) is 1. The highest BCUT2D eigenvalue weighted by atomic mass is 32.2. The average Bonchev–Trinajstić information content (AvgIpc) is 3.12. The third kappa shape index (κ3) is 2.99. The Hall–Kier alpha value is -1.47. The Morgan fingerprint density at radius 1 is 1.50 bits per heavy atom. The summed E-state index contributed by atoms with van der Waals surface area (Å²) in [7, 11) is 0. The summed E-state index contributed by atoms with van der Waals surface area (Å²) >= 11 is 1.47. The molecule has 1 unspecified atom stereocenters. The minimum absolute atomic E-state index is 0.0180. The van der Waals surface area contributed by atoms with Crippen LogP contribution in [0, 0.1) is 5.82 Å². The van der Waals surface area contributed by atoms with Crippen LogP contribution in [-0.4, -0.2) is 26.2 Å². The van der Waals surface area contributed by atoms with Gasteiger partial charge in [-0.15, -0.1) is 5.10 Å². The first-order chi connectivity index (χ1) is 9.63. The van der Waals surface area contributed by atoms with Crippen LogP contribution >= 0.6 is 11.8 Å². The van der Waals surface area contributed by atoms with Crippen molar-refractivity contribution in [3.8, 4) is 0 Å². The van der Waals surface area contributed by atoms with E-state index in [1.54, 1.807) is 6.07 Å². The summed E-state index contributed by atoms with van der Waals surface area (Å²) in [5.74, 6) is -0.244. The SMILES string of the molecule is CC(N)Cc1cc(F)ccc1Sc1nnnn1C1CC1. The molecular weight excluding hydrogens is 277 g/mol. The highest BCUT2D eigenvalue weighted by Gasteiger charge is 2.28. The molecule has 0 bridgehead atoms. The number of hydrogen-bond acceptors (Lipinski definition) is 5. The van der Waals surface area contributed by atoms with Crippen LogP contribution in [0.2, 0.25) is 0 Å². The number of rotatable bonds is 5. The Morgan fingerprint density at radius 2 is 2.30 bits per heavy atom. The zero-order valence-electron chi connectivity index (χ0n) is 11.2. The zero-order chi connectivity index (χ0) is 14.1. The van der Waals surface area contributed by atoms with Gasteiger partial charge in [0.2, 0.25) is 5.16 Å². The summed E-state index contributed by atoms with van der Waals surface area (Å²) in [5.41, 5.74) is 6.73. The predicted octanol–water partition coefficient (Wildman–Crippen LogP) is 2.19. The van der Waals surface area contributed by atoms with Crippen LogP contribution in [0.25, 0.3) is 0 Å². The lowest BCUT2D eigenvalue weighted by molar-refractivity contribution is 0.565. The third-order valence-electron chi connectivity index (χ3n) is 3.12. The first-order valence-electron chi connectivity index (χ1n) is 6.63. The lowest BCUT2D eigenvalue weighted by Crippen LogP contribution is -2.18. The van der Waals surface area contributed by atoms with Crippen molar-refractivity contribution < 1.29 is 4.39 Å². The molecule has 106 valence electrons. The quantitative estimate of drug-likeness (QED) is 0.915. The molecule has 2 N–H and O–H groups in total. The number of nitrogens with zero attached hydrogens (tertiary/aromatic N) is 4. The summed E-state index contributed by atoms with van der Waals surface area (Å²) < 4.78 is 15.2. The van der Waals surface area contributed by atoms with Crippen molar-refractivity contribution in [3.05, 3.63) is 29.6 Å². The molecular formula is C13H16FN5S. The first kappa shape index (κ1) is 13.5. The van der Waals surface area contributed by atoms with Gasteiger partial charge in [0, 0.05) is 10.9 Å². The predicted molar refractivity (Wildman–Crippen MR) is 74.0 cm³/mol. The highest BCUT2D eigenvalue weighted by molar-refractivity contribution is 7.99. The molecule has 5 nitrogen and oxygen atoms in total. The second-order valence-electron chi connectivity index (χ2n) is 5.17. The maximum atomic E-state index is 13.4. The third-order valence-corrected chi connectivity index (χ3v) is 4.19. The van der Waals surface area contributed by atoms with Crippen molar-refractivity contribution in [2.75, 3.05) is 0 Å². The fourth-order valence-electron chi connectivity index (χ4n) is 2.05. The number of hydrogen-bond donors (Lipinski definition) is 1. The number of halogens is 1. The average molecular weight is 293 g/mol. The Labute approximate surface area is 120 Å². The van der Waals surface area contributed by atoms with Crippen LogP contribution in [0.4, 0.5) is 4.39 Å². The minimum Gasteiger partial charge on any atom is -0.328 e. The van der Waals surface area contributed by atoms with Crippen molar-refractivity contribution in [3.63, 3.8) is 0 Å². The van der Waals surface area contributed by atoms with E-state index in [9.17, 15) is 4.39 Å². The van der Waals surface area contributed by atoms with Gasteiger partial charge in [-0.25, -0.2) is 9.07 Å². The molecule has 2 aromatic rings. The Kier molecular flexibility index (Phi) is 3.71. The van der Waals surface area contributed by atoms with Gasteiger partial charge in [0.25, 0.3) is 0 Å². The first-order valence-corrected chi connectivity index (χ1v) is 7.45. The van der Waals surface area contributed by atoms with Gasteiger partial charge in [-0.3, -0.25) is 0 Å². The Morgan fingerprint density at radius 3 is 3.00 bits per heavy atom. The molecule has 1 fully saturated rings. The van der Waals surface area contributed by atoms with Gasteiger partial charge in [0.1, 0.15) is 5.82 Å². The van der Waals surface area contributed by atoms with Crippen molar-refractivity contribution >= 4 is 11.8 Å². The molecule has 1 heterocycles. The molecule has 20 heavy (non-hydrogen) atoms. The van der Waals surface area contributed by atoms with Gasteiger partial charge in [-0.1, -0.05) is 0 Å². The highest BCUT2D eigenvalue weighted by Crippen LogP contribution is 2.38. The lowest BCUT2D eigenvalue weighted by Gasteiger charge is -2.11. The molecule has 0 aliphatic heterocycles. The van der Waals surface area contributed by atoms with Gasteiger partial charge in [-0.2, -0.15) is 0 Å². The van der Waals surface area contributed by atoms with E-state index in [0.29, 0.717) is 12.5 Å². The minimum atomic E-state index is -0.244. The largest absolute Gasteiger partial charge is 0.328 e. The molecule has 1 aliphatic rings. The zero-order valence-corrected chi connectivity index (χ0v) is 12.0. The van der Waals surface area contributed by atoms with Crippen molar-refractivity contribution in [1.82, 2.24) is 20.2 Å². The molecule has 7 heteroatoms. The lowest BCUT2D eigenvalue weighted by atomic mass is 10.1. The fraction of sp³-hybridized carbons (Fsp3) is 0.462. The van der Waals surface area contributed by atoms with E-state index < -0.39 is 0 Å². The van der Waals surface area contributed by atoms with Crippen molar-refractivity contribution in [2.24, 2.45) is 5.73 Å². The number of tetrazole rings is 1. The molecule has 0 radical (unpaired) electrons. The topological polar surface area (TPSA) is 69.6 Å². The molecule has 3 rings (SSSR count). The normalized spacial score (nSPS) is 16.4. The van der Waals surface area contributed by atoms with Gasteiger partial charge >= 0.3 is 0 Å². The van der Waals surface area contributed by atoms with Crippen LogP contribution in [-0.2, 0) is 6.42 Å². The van der Waals surface area contributed by atoms with Crippen LogP contribution in [0.1, 0.15) is 31.4 Å². The maximum Gasteiger partial charge on any atom is 0.214 e. The van der Waals surface area contributed by atoms with Gasteiger partial charge in [0.05, 0.1) is 6.04 Å². The monoisotopic (exact) mass is 293 g/mol. The van der Waals surface area contributed by atoms with Crippen LogP contribution in [0.5, 0.6) is 0 Å². The molecule has 1 aromatic heterocycles. The van der Waals surface area contributed by atoms with Gasteiger partial charge in [-0.05, 0) is 72.1 Å². The van der Waals surface area contributed by atoms with Gasteiger partial charge < -0.3 is 5.73 Å². The van der Waals surface area contributed by atoms with Crippen molar-refractivity contribution in [1.29, 1.82) is 0 Å². The van der Waals surface area contributed by atoms with Crippen LogP contribution in [0.15, 0.2) is 28.3 Å². The van der Waals surface area contributed by atoms with E-state index in [0.717, 1.165) is 28.5 Å². The van der Waals surface area contributed by atoms with E-state index in [4.69, 9.17) is 5.73 Å². The summed E-state index contributed by atoms with van der Waals surface area (Å²) in [5, 5.41) is 12.6. The van der Waals surface area contributed by atoms with Crippen LogP contribution < -0.4 is 5.73 Å². The molecule has 1 aromatic carbocycles. The maximum absolute atomic E-state index is 13.4. The molecule has 1 aliphatic carbocycles. The van der Waals surface area contributed by atoms with Gasteiger partial charge in [0.15, 0.2) is 0 Å².